The van der Waals surface area contributed by atoms with Gasteiger partial charge in [0.05, 0.1) is 4.99 Å². The van der Waals surface area contributed by atoms with Gasteiger partial charge in [0.25, 0.3) is 0 Å². The molecule has 0 aromatic carbocycles. The minimum atomic E-state index is 0.854. The molecule has 1 N–H and O–H groups in total. The highest BCUT2D eigenvalue weighted by Crippen LogP contribution is 2.15. The van der Waals surface area contributed by atoms with Gasteiger partial charge < -0.3 is 5.32 Å². The Bertz CT molecular complexity index is 330. The molecule has 0 amide bonds. The number of hydrogen-bond acceptors (Lipinski definition) is 2. The molecule has 0 saturated heterocycles. The molecule has 2 heterocycles. The second kappa shape index (κ2) is 3.03. The lowest BCUT2D eigenvalue weighted by Crippen LogP contribution is -2.11. The fourth-order valence-corrected chi connectivity index (χ4v) is 1.36. The molecule has 60 valence electrons. The van der Waals surface area contributed by atoms with Gasteiger partial charge in [-0.1, -0.05) is 18.3 Å². The van der Waals surface area contributed by atoms with E-state index in [0.717, 1.165) is 22.7 Å². The smallest absolute Gasteiger partial charge is 0.0836 e. The van der Waals surface area contributed by atoms with Crippen LogP contribution < -0.4 is 5.32 Å². The van der Waals surface area contributed by atoms with Gasteiger partial charge >= 0.3 is 0 Å². The first-order valence-corrected chi connectivity index (χ1v) is 4.17. The van der Waals surface area contributed by atoms with Crippen LogP contribution in [0.4, 0.5) is 0 Å². The van der Waals surface area contributed by atoms with E-state index in [1.807, 2.05) is 12.1 Å². The fraction of sp³-hybridized carbons (Fsp3) is 0.111. The zero-order chi connectivity index (χ0) is 8.39. The molecule has 0 aliphatic carbocycles. The lowest BCUT2D eigenvalue weighted by Gasteiger charge is -2.02. The van der Waals surface area contributed by atoms with Crippen LogP contribution in [0.1, 0.15) is 12.0 Å². The predicted molar refractivity (Wildman–Crippen MR) is 52.6 cm³/mol. The third-order valence-corrected chi connectivity index (χ3v) is 2.03. The van der Waals surface area contributed by atoms with Crippen LogP contribution in [0.15, 0.2) is 30.6 Å². The largest absolute Gasteiger partial charge is 0.350 e. The molecule has 0 atom stereocenters. The average molecular weight is 176 g/mol. The van der Waals surface area contributed by atoms with Crippen LogP contribution >= 0.6 is 12.2 Å². The predicted octanol–water partition coefficient (Wildman–Crippen LogP) is 1.74. The summed E-state index contributed by atoms with van der Waals surface area (Å²) in [5.74, 6) is 0. The minimum absolute atomic E-state index is 0.854. The Hall–Kier alpha value is -1.22. The van der Waals surface area contributed by atoms with E-state index in [1.54, 1.807) is 12.4 Å². The number of nitrogens with zero attached hydrogens (tertiary/aromatic N) is 1. The molecular weight excluding hydrogens is 168 g/mol. The van der Waals surface area contributed by atoms with Gasteiger partial charge in [-0.25, -0.2) is 0 Å². The van der Waals surface area contributed by atoms with Crippen molar-refractivity contribution in [1.82, 2.24) is 10.3 Å². The number of thiocarbonyl (C=S) groups is 1. The van der Waals surface area contributed by atoms with Crippen molar-refractivity contribution in [2.75, 3.05) is 0 Å². The minimum Gasteiger partial charge on any atom is -0.350 e. The fourth-order valence-electron chi connectivity index (χ4n) is 1.17. The Labute approximate surface area is 76.3 Å². The summed E-state index contributed by atoms with van der Waals surface area (Å²) in [5.41, 5.74) is 2.24. The molecule has 12 heavy (non-hydrogen) atoms. The molecule has 0 bridgehead atoms. The summed E-state index contributed by atoms with van der Waals surface area (Å²) in [6.45, 7) is 0. The summed E-state index contributed by atoms with van der Waals surface area (Å²) in [6.07, 6.45) is 6.50. The van der Waals surface area contributed by atoms with Gasteiger partial charge in [-0.2, -0.15) is 0 Å². The van der Waals surface area contributed by atoms with Crippen LogP contribution in [0.3, 0.4) is 0 Å². The van der Waals surface area contributed by atoms with E-state index in [0.29, 0.717) is 0 Å². The number of pyridine rings is 1. The zero-order valence-electron chi connectivity index (χ0n) is 6.45. The van der Waals surface area contributed by atoms with Gasteiger partial charge in [0.1, 0.15) is 0 Å². The molecule has 0 spiro atoms. The summed E-state index contributed by atoms with van der Waals surface area (Å²) >= 11 is 5.02. The summed E-state index contributed by atoms with van der Waals surface area (Å²) < 4.78 is 0. The average Bonchev–Trinajstić information content (AvgIpc) is 2.54. The molecule has 1 aromatic heterocycles. The van der Waals surface area contributed by atoms with Gasteiger partial charge in [0.15, 0.2) is 0 Å². The molecule has 0 saturated carbocycles. The molecule has 0 unspecified atom stereocenters. The van der Waals surface area contributed by atoms with Crippen molar-refractivity contribution in [3.05, 3.63) is 36.2 Å². The molecule has 3 heteroatoms. The highest BCUT2D eigenvalue weighted by molar-refractivity contribution is 7.80. The van der Waals surface area contributed by atoms with Gasteiger partial charge in [-0.05, 0) is 12.1 Å². The van der Waals surface area contributed by atoms with Crippen molar-refractivity contribution < 1.29 is 0 Å². The first-order chi connectivity index (χ1) is 5.86. The van der Waals surface area contributed by atoms with Gasteiger partial charge in [0, 0.05) is 30.1 Å². The molecule has 0 radical (unpaired) electrons. The lowest BCUT2D eigenvalue weighted by atomic mass is 10.2. The molecule has 2 rings (SSSR count). The van der Waals surface area contributed by atoms with Gasteiger partial charge in [-0.3, -0.25) is 4.98 Å². The Morgan fingerprint density at radius 1 is 1.33 bits per heavy atom. The van der Waals surface area contributed by atoms with E-state index in [1.165, 1.54) is 0 Å². The van der Waals surface area contributed by atoms with Crippen molar-refractivity contribution in [3.63, 3.8) is 0 Å². The SMILES string of the molecule is S=C1CC=C(c2ccncc2)N1. The highest BCUT2D eigenvalue weighted by Gasteiger charge is 2.08. The second-order valence-corrected chi connectivity index (χ2v) is 3.10. The van der Waals surface area contributed by atoms with Gasteiger partial charge in [0.2, 0.25) is 0 Å². The van der Waals surface area contributed by atoms with E-state index < -0.39 is 0 Å². The van der Waals surface area contributed by atoms with Crippen LogP contribution in [-0.4, -0.2) is 9.97 Å². The number of aromatic nitrogens is 1. The van der Waals surface area contributed by atoms with E-state index in [2.05, 4.69) is 16.4 Å². The third kappa shape index (κ3) is 1.36. The molecule has 1 aromatic rings. The first kappa shape index (κ1) is 7.43. The first-order valence-electron chi connectivity index (χ1n) is 3.77. The third-order valence-electron chi connectivity index (χ3n) is 1.76. The van der Waals surface area contributed by atoms with Crippen LogP contribution in [0.25, 0.3) is 5.70 Å². The van der Waals surface area contributed by atoms with Crippen molar-refractivity contribution in [2.24, 2.45) is 0 Å². The van der Waals surface area contributed by atoms with E-state index in [-0.39, 0.29) is 0 Å². The molecule has 1 aliphatic heterocycles. The van der Waals surface area contributed by atoms with Crippen molar-refractivity contribution in [1.29, 1.82) is 0 Å². The summed E-state index contributed by atoms with van der Waals surface area (Å²) in [6, 6.07) is 3.93. The second-order valence-electron chi connectivity index (χ2n) is 2.61. The maximum absolute atomic E-state index is 5.02. The van der Waals surface area contributed by atoms with Crippen molar-refractivity contribution >= 4 is 22.9 Å². The Balaban J connectivity index is 2.28. The highest BCUT2D eigenvalue weighted by atomic mass is 32.1. The summed E-state index contributed by atoms with van der Waals surface area (Å²) in [4.78, 5) is 4.84. The van der Waals surface area contributed by atoms with Crippen LogP contribution in [0, 0.1) is 0 Å². The number of hydrogen-bond donors (Lipinski definition) is 1. The van der Waals surface area contributed by atoms with Crippen LogP contribution in [-0.2, 0) is 0 Å². The quantitative estimate of drug-likeness (QED) is 0.660. The van der Waals surface area contributed by atoms with Crippen molar-refractivity contribution in [3.8, 4) is 0 Å². The topological polar surface area (TPSA) is 24.9 Å². The Kier molecular flexibility index (Phi) is 1.87. The normalized spacial score (nSPS) is 15.7. The maximum Gasteiger partial charge on any atom is 0.0836 e. The monoisotopic (exact) mass is 176 g/mol. The molecule has 0 fully saturated rings. The van der Waals surface area contributed by atoms with Crippen molar-refractivity contribution in [2.45, 2.75) is 6.42 Å². The summed E-state index contributed by atoms with van der Waals surface area (Å²) in [5, 5.41) is 3.13. The van der Waals surface area contributed by atoms with Crippen LogP contribution in [0.5, 0.6) is 0 Å². The molecular formula is C9H8N2S. The van der Waals surface area contributed by atoms with Gasteiger partial charge in [-0.15, -0.1) is 0 Å². The van der Waals surface area contributed by atoms with E-state index in [4.69, 9.17) is 12.2 Å². The number of nitrogens with one attached hydrogen (secondary N) is 1. The maximum atomic E-state index is 5.02. The molecule has 2 nitrogen and oxygen atoms in total. The lowest BCUT2D eigenvalue weighted by molar-refractivity contribution is 1.28. The summed E-state index contributed by atoms with van der Waals surface area (Å²) in [7, 11) is 0. The Morgan fingerprint density at radius 3 is 2.67 bits per heavy atom. The Morgan fingerprint density at radius 2 is 2.08 bits per heavy atom. The molecule has 1 aliphatic rings. The number of rotatable bonds is 1. The van der Waals surface area contributed by atoms with E-state index in [9.17, 15) is 0 Å². The van der Waals surface area contributed by atoms with Crippen LogP contribution in [0.2, 0.25) is 0 Å². The van der Waals surface area contributed by atoms with E-state index >= 15 is 0 Å². The standard InChI is InChI=1S/C9H8N2S/c12-9-2-1-8(11-9)7-3-5-10-6-4-7/h1,3-6H,2H2,(H,11,12). The zero-order valence-corrected chi connectivity index (χ0v) is 7.27.